The highest BCUT2D eigenvalue weighted by Crippen LogP contribution is 2.26. The van der Waals surface area contributed by atoms with Crippen molar-refractivity contribution < 1.29 is 8.78 Å². The first kappa shape index (κ1) is 42.2. The van der Waals surface area contributed by atoms with Crippen molar-refractivity contribution in [2.24, 2.45) is 0 Å². The first-order valence-electron chi connectivity index (χ1n) is 21.3. The number of nitrogens with one attached hydrogen (secondary N) is 1. The van der Waals surface area contributed by atoms with Gasteiger partial charge in [-0.05, 0) is 106 Å². The molecule has 0 bridgehead atoms. The minimum Gasteiger partial charge on any atom is -0.323 e. The fraction of sp³-hybridized carbons (Fsp3) is 0.422. The Balaban J connectivity index is 0.000000176. The second kappa shape index (κ2) is 19.9. The molecule has 0 spiro atoms. The lowest BCUT2D eigenvalue weighted by molar-refractivity contribution is 0.148. The minimum absolute atomic E-state index is 0.372. The lowest BCUT2D eigenvalue weighted by Gasteiger charge is -2.28. The number of alkyl halides is 2. The number of nitrogens with zero attached hydrogens (tertiary/aromatic N) is 12. The third-order valence-corrected chi connectivity index (χ3v) is 11.5. The van der Waals surface area contributed by atoms with Crippen molar-refractivity contribution in [3.63, 3.8) is 0 Å². The summed E-state index contributed by atoms with van der Waals surface area (Å²) in [6.45, 7) is 11.3. The number of aryl methyl sites for hydroxylation is 2. The number of halogens is 3. The lowest BCUT2D eigenvalue weighted by atomic mass is 10.1. The molecule has 0 unspecified atom stereocenters. The van der Waals surface area contributed by atoms with Crippen LogP contribution in [0.4, 0.5) is 20.4 Å². The quantitative estimate of drug-likeness (QED) is 0.112. The summed E-state index contributed by atoms with van der Waals surface area (Å²) in [7, 11) is 0. The van der Waals surface area contributed by atoms with Gasteiger partial charge in [-0.1, -0.05) is 25.4 Å². The molecule has 7 aromatic heterocycles. The van der Waals surface area contributed by atoms with Gasteiger partial charge in [0.25, 0.3) is 0 Å². The second-order valence-electron chi connectivity index (χ2n) is 16.2. The Bertz CT molecular complexity index is 2510. The molecule has 13 nitrogen and oxygen atoms in total. The number of piperidine rings is 2. The first-order chi connectivity index (χ1) is 29.7. The molecular weight excluding hydrogens is 796 g/mol. The van der Waals surface area contributed by atoms with E-state index >= 15 is 0 Å². The van der Waals surface area contributed by atoms with Crippen molar-refractivity contribution in [1.82, 2.24) is 59.5 Å². The molecule has 0 amide bonds. The van der Waals surface area contributed by atoms with Crippen LogP contribution in [0, 0.1) is 0 Å². The Morgan fingerprint density at radius 2 is 1.16 bits per heavy atom. The molecular formula is C45H52ClF2N13. The molecule has 0 aliphatic carbocycles. The van der Waals surface area contributed by atoms with E-state index in [-0.39, 0.29) is 0 Å². The van der Waals surface area contributed by atoms with Gasteiger partial charge in [0.2, 0.25) is 0 Å². The number of likely N-dealkylation sites (tertiary alicyclic amines) is 2. The largest absolute Gasteiger partial charge is 0.323 e. The van der Waals surface area contributed by atoms with Gasteiger partial charge in [-0.3, -0.25) is 19.3 Å². The number of pyridine rings is 4. The fourth-order valence-corrected chi connectivity index (χ4v) is 7.85. The van der Waals surface area contributed by atoms with Gasteiger partial charge in [-0.2, -0.15) is 15.3 Å². The van der Waals surface area contributed by atoms with Crippen molar-refractivity contribution in [2.75, 3.05) is 44.6 Å². The Hall–Kier alpha value is -5.51. The average molecular weight is 848 g/mol. The Kier molecular flexibility index (Phi) is 13.8. The van der Waals surface area contributed by atoms with Gasteiger partial charge in [0, 0.05) is 86.3 Å². The van der Waals surface area contributed by atoms with Crippen LogP contribution in [0.3, 0.4) is 0 Å². The monoisotopic (exact) mass is 847 g/mol. The van der Waals surface area contributed by atoms with Gasteiger partial charge in [0.1, 0.15) is 23.3 Å². The number of anilines is 2. The van der Waals surface area contributed by atoms with E-state index < -0.39 is 12.3 Å². The van der Waals surface area contributed by atoms with Gasteiger partial charge >= 0.3 is 0 Å². The zero-order chi connectivity index (χ0) is 42.1. The zero-order valence-corrected chi connectivity index (χ0v) is 35.5. The molecule has 9 heterocycles. The molecule has 61 heavy (non-hydrogen) atoms. The van der Waals surface area contributed by atoms with E-state index in [1.165, 1.54) is 0 Å². The topological polar surface area (TPSA) is 131 Å². The lowest BCUT2D eigenvalue weighted by Crippen LogP contribution is -2.35. The molecule has 0 saturated carbocycles. The van der Waals surface area contributed by atoms with Crippen LogP contribution in [0.15, 0.2) is 85.8 Å². The van der Waals surface area contributed by atoms with Crippen LogP contribution in [0.2, 0.25) is 5.15 Å². The van der Waals surface area contributed by atoms with Crippen molar-refractivity contribution in [1.29, 1.82) is 0 Å². The highest BCUT2D eigenvalue weighted by atomic mass is 35.5. The number of fused-ring (bicyclic) bond motifs is 2. The molecule has 16 heteroatoms. The number of hydrogen-bond acceptors (Lipinski definition) is 11. The van der Waals surface area contributed by atoms with E-state index in [1.54, 1.807) is 12.3 Å². The minimum atomic E-state index is -0.624. The van der Waals surface area contributed by atoms with E-state index in [2.05, 4.69) is 64.3 Å². The third kappa shape index (κ3) is 11.5. The zero-order valence-electron chi connectivity index (χ0n) is 34.7. The van der Waals surface area contributed by atoms with E-state index in [0.29, 0.717) is 48.4 Å². The van der Waals surface area contributed by atoms with Crippen LogP contribution >= 0.6 is 11.6 Å². The standard InChI is InChI=1S/C26H31FN8.C19H21ClFN5/c1-18(2)19-13-26(33-29-15-19)32-25-5-4-23-24(31-25)12-20(14-28-23)21-16-30-35(17-21)9-3-8-34-10-6-22(27)7-11-34;20-19-3-2-17-18(24-19)10-14(11-22-17)15-12-23-26(13-15)7-1-6-25-8-4-16(21)5-9-25/h4-5,12-18,22H,3,6-11H2,1-2H3,(H,31,32,33);2-3,10-13,16H,1,4-9H2. The molecule has 9 rings (SSSR count). The normalized spacial score (nSPS) is 15.7. The fourth-order valence-electron chi connectivity index (χ4n) is 7.70. The Morgan fingerprint density at radius 3 is 1.72 bits per heavy atom. The summed E-state index contributed by atoms with van der Waals surface area (Å²) in [5.74, 6) is 1.74. The molecule has 2 aliphatic heterocycles. The maximum absolute atomic E-state index is 13.3. The van der Waals surface area contributed by atoms with E-state index in [4.69, 9.17) is 16.6 Å². The van der Waals surface area contributed by atoms with Crippen LogP contribution in [0.1, 0.15) is 63.9 Å². The van der Waals surface area contributed by atoms with Crippen molar-refractivity contribution in [3.8, 4) is 22.3 Å². The van der Waals surface area contributed by atoms with Gasteiger partial charge in [0.05, 0.1) is 40.7 Å². The second-order valence-corrected chi connectivity index (χ2v) is 16.6. The summed E-state index contributed by atoms with van der Waals surface area (Å²) in [6, 6.07) is 13.5. The highest BCUT2D eigenvalue weighted by molar-refractivity contribution is 6.29. The summed E-state index contributed by atoms with van der Waals surface area (Å²) < 4.78 is 30.4. The van der Waals surface area contributed by atoms with Crippen LogP contribution in [0.5, 0.6) is 0 Å². The summed E-state index contributed by atoms with van der Waals surface area (Å²) >= 11 is 5.97. The van der Waals surface area contributed by atoms with Crippen molar-refractivity contribution >= 4 is 45.3 Å². The molecule has 2 fully saturated rings. The number of hydrogen-bond donors (Lipinski definition) is 1. The van der Waals surface area contributed by atoms with E-state index in [0.717, 1.165) is 115 Å². The van der Waals surface area contributed by atoms with Gasteiger partial charge in [-0.25, -0.2) is 18.7 Å². The molecule has 2 aliphatic rings. The predicted octanol–water partition coefficient (Wildman–Crippen LogP) is 8.95. The number of rotatable bonds is 13. The maximum Gasteiger partial charge on any atom is 0.154 e. The van der Waals surface area contributed by atoms with E-state index in [9.17, 15) is 8.78 Å². The van der Waals surface area contributed by atoms with Gasteiger partial charge in [0.15, 0.2) is 5.82 Å². The van der Waals surface area contributed by atoms with E-state index in [1.807, 2.05) is 82.9 Å². The summed E-state index contributed by atoms with van der Waals surface area (Å²) in [4.78, 5) is 22.8. The predicted molar refractivity (Wildman–Crippen MR) is 236 cm³/mol. The average Bonchev–Trinajstić information content (AvgIpc) is 3.95. The number of aromatic nitrogens is 10. The molecule has 0 radical (unpaired) electrons. The smallest absolute Gasteiger partial charge is 0.154 e. The Labute approximate surface area is 359 Å². The van der Waals surface area contributed by atoms with Crippen molar-refractivity contribution in [2.45, 2.75) is 83.7 Å². The van der Waals surface area contributed by atoms with Crippen LogP contribution in [-0.2, 0) is 13.1 Å². The SMILES string of the molecule is CC(C)c1cnnc(Nc2ccc3ncc(-c4cnn(CCCN5CCC(F)CC5)c4)cc3n2)c1.FC1CCN(CCCn2cc(-c3cnc4ccc(Cl)nc4c3)cn2)CC1. The molecule has 1 N–H and O–H groups in total. The van der Waals surface area contributed by atoms with Crippen LogP contribution < -0.4 is 5.32 Å². The van der Waals surface area contributed by atoms with Crippen LogP contribution in [-0.4, -0.2) is 111 Å². The molecule has 0 aromatic carbocycles. The summed E-state index contributed by atoms with van der Waals surface area (Å²) in [5, 5.41) is 21.0. The van der Waals surface area contributed by atoms with Gasteiger partial charge in [-0.15, -0.1) is 5.10 Å². The van der Waals surface area contributed by atoms with Crippen LogP contribution in [0.25, 0.3) is 44.3 Å². The highest BCUT2D eigenvalue weighted by Gasteiger charge is 2.19. The van der Waals surface area contributed by atoms with Crippen molar-refractivity contribution in [3.05, 3.63) is 96.6 Å². The maximum atomic E-state index is 13.3. The van der Waals surface area contributed by atoms with Gasteiger partial charge < -0.3 is 15.1 Å². The Morgan fingerprint density at radius 1 is 0.623 bits per heavy atom. The molecule has 318 valence electrons. The molecule has 0 atom stereocenters. The summed E-state index contributed by atoms with van der Waals surface area (Å²) in [6.07, 6.45) is 16.7. The first-order valence-corrected chi connectivity index (χ1v) is 21.7. The molecule has 2 saturated heterocycles. The summed E-state index contributed by atoms with van der Waals surface area (Å²) in [5.41, 5.74) is 8.31. The third-order valence-electron chi connectivity index (χ3n) is 11.3. The molecule has 7 aromatic rings.